The molecule has 1 unspecified atom stereocenters. The van der Waals surface area contributed by atoms with Crippen LogP contribution >= 0.6 is 27.7 Å². The Bertz CT molecular complexity index is 906. The highest BCUT2D eigenvalue weighted by Gasteiger charge is 2.21. The molecule has 11 heteroatoms. The number of amides is 1. The minimum absolute atomic E-state index is 0.245. The van der Waals surface area contributed by atoms with E-state index in [1.54, 1.807) is 6.20 Å². The lowest BCUT2D eigenvalue weighted by atomic mass is 10.2. The monoisotopic (exact) mass is 465 g/mol. The molecule has 3 rings (SSSR count). The number of H-pyrrole nitrogens is 1. The molecule has 148 valence electrons. The molecule has 3 N–H and O–H groups in total. The fourth-order valence-corrected chi connectivity index (χ4v) is 2.95. The fraction of sp³-hybridized carbons (Fsp3) is 0.353. The number of hydrogen-bond acceptors (Lipinski definition) is 8. The summed E-state index contributed by atoms with van der Waals surface area (Å²) in [6.45, 7) is 5.69. The van der Waals surface area contributed by atoms with Gasteiger partial charge in [0.1, 0.15) is 23.2 Å². The normalized spacial score (nSPS) is 12.4. The number of halogens is 1. The lowest BCUT2D eigenvalue weighted by Crippen LogP contribution is -2.36. The number of benzene rings is 1. The van der Waals surface area contributed by atoms with Gasteiger partial charge in [0.2, 0.25) is 5.82 Å². The van der Waals surface area contributed by atoms with Crippen LogP contribution in [0.4, 0.5) is 10.5 Å². The van der Waals surface area contributed by atoms with Gasteiger partial charge in [0, 0.05) is 16.7 Å². The zero-order valence-electron chi connectivity index (χ0n) is 15.6. The number of hydrogen-bond donors (Lipinski definition) is 3. The van der Waals surface area contributed by atoms with Gasteiger partial charge in [-0.1, -0.05) is 15.9 Å². The summed E-state index contributed by atoms with van der Waals surface area (Å²) in [4.78, 5) is 16.5. The third-order valence-corrected chi connectivity index (χ3v) is 4.46. The molecule has 0 radical (unpaired) electrons. The van der Waals surface area contributed by atoms with Crippen LogP contribution in [-0.4, -0.2) is 42.2 Å². The van der Waals surface area contributed by atoms with E-state index in [1.807, 2.05) is 45.0 Å². The van der Waals surface area contributed by atoms with Crippen molar-refractivity contribution < 1.29 is 9.53 Å². The summed E-state index contributed by atoms with van der Waals surface area (Å²) in [5.41, 5.74) is 0.887. The Balaban J connectivity index is 1.76. The number of anilines is 1. The Morgan fingerprint density at radius 2 is 2.07 bits per heavy atom. The third kappa shape index (κ3) is 5.73. The van der Waals surface area contributed by atoms with E-state index in [9.17, 15) is 4.79 Å². The SMILES string of the molecule is CC(C)(C)OC(=O)NCC(Nc1ccc(Br)cc1)c1nc(-c2cnsn2)n[nH]1. The first-order chi connectivity index (χ1) is 13.3. The number of rotatable bonds is 6. The van der Waals surface area contributed by atoms with E-state index in [-0.39, 0.29) is 12.6 Å². The first-order valence-corrected chi connectivity index (χ1v) is 10.0. The fourth-order valence-electron chi connectivity index (χ4n) is 2.27. The summed E-state index contributed by atoms with van der Waals surface area (Å²) in [5.74, 6) is 1.01. The van der Waals surface area contributed by atoms with Gasteiger partial charge >= 0.3 is 6.09 Å². The van der Waals surface area contributed by atoms with Gasteiger partial charge in [-0.2, -0.15) is 13.8 Å². The molecule has 28 heavy (non-hydrogen) atoms. The average Bonchev–Trinajstić information content (AvgIpc) is 3.30. The molecule has 0 aliphatic rings. The number of nitrogens with one attached hydrogen (secondary N) is 3. The summed E-state index contributed by atoms with van der Waals surface area (Å²) < 4.78 is 14.4. The number of carbonyl (C=O) groups is 1. The van der Waals surface area contributed by atoms with Gasteiger partial charge < -0.3 is 15.4 Å². The molecule has 0 aliphatic carbocycles. The van der Waals surface area contributed by atoms with Crippen molar-refractivity contribution in [3.63, 3.8) is 0 Å². The summed E-state index contributed by atoms with van der Waals surface area (Å²) in [5, 5.41) is 13.2. The molecule has 3 aromatic rings. The van der Waals surface area contributed by atoms with E-state index in [0.717, 1.165) is 21.9 Å². The lowest BCUT2D eigenvalue weighted by molar-refractivity contribution is 0.0525. The average molecular weight is 466 g/mol. The van der Waals surface area contributed by atoms with Crippen molar-refractivity contribution in [2.75, 3.05) is 11.9 Å². The number of alkyl carbamates (subject to hydrolysis) is 1. The molecular formula is C17H20BrN7O2S. The lowest BCUT2D eigenvalue weighted by Gasteiger charge is -2.22. The maximum atomic E-state index is 12.1. The second-order valence-electron chi connectivity index (χ2n) is 6.92. The molecule has 1 amide bonds. The van der Waals surface area contributed by atoms with Crippen LogP contribution in [0.25, 0.3) is 11.5 Å². The Kier molecular flexibility index (Phi) is 6.25. The second kappa shape index (κ2) is 8.65. The largest absolute Gasteiger partial charge is 0.444 e. The van der Waals surface area contributed by atoms with Crippen LogP contribution < -0.4 is 10.6 Å². The van der Waals surface area contributed by atoms with Crippen molar-refractivity contribution in [3.05, 3.63) is 40.8 Å². The minimum Gasteiger partial charge on any atom is -0.444 e. The molecule has 0 fully saturated rings. The smallest absolute Gasteiger partial charge is 0.407 e. The Labute approximate surface area is 174 Å². The summed E-state index contributed by atoms with van der Waals surface area (Å²) in [7, 11) is 0. The number of nitrogens with zero attached hydrogens (tertiary/aromatic N) is 4. The first-order valence-electron chi connectivity index (χ1n) is 8.49. The first kappa shape index (κ1) is 20.2. The molecule has 0 saturated heterocycles. The maximum Gasteiger partial charge on any atom is 0.407 e. The van der Waals surface area contributed by atoms with E-state index in [0.29, 0.717) is 17.3 Å². The molecule has 0 saturated carbocycles. The predicted molar refractivity (Wildman–Crippen MR) is 110 cm³/mol. The number of carbonyl (C=O) groups excluding carboxylic acids is 1. The third-order valence-electron chi connectivity index (χ3n) is 3.46. The van der Waals surface area contributed by atoms with Crippen LogP contribution in [0, 0.1) is 0 Å². The Morgan fingerprint density at radius 3 is 2.71 bits per heavy atom. The van der Waals surface area contributed by atoms with E-state index in [4.69, 9.17) is 4.74 Å². The molecule has 0 aliphatic heterocycles. The standard InChI is InChI=1S/C17H20BrN7O2S/c1-17(2,3)27-16(26)19-8-12(21-11-6-4-10(18)5-7-11)14-22-15(24-23-14)13-9-20-28-25-13/h4-7,9,12,21H,8H2,1-3H3,(H,19,26)(H,22,23,24). The predicted octanol–water partition coefficient (Wildman–Crippen LogP) is 3.76. The Morgan fingerprint density at radius 1 is 1.32 bits per heavy atom. The molecule has 2 heterocycles. The van der Waals surface area contributed by atoms with Crippen molar-refractivity contribution in [1.29, 1.82) is 0 Å². The van der Waals surface area contributed by atoms with Crippen molar-refractivity contribution >= 4 is 39.4 Å². The molecule has 0 spiro atoms. The van der Waals surface area contributed by atoms with Crippen LogP contribution in [0.1, 0.15) is 32.6 Å². The van der Waals surface area contributed by atoms with Gasteiger partial charge in [0.15, 0.2) is 0 Å². The summed E-state index contributed by atoms with van der Waals surface area (Å²) in [6, 6.07) is 7.33. The topological polar surface area (TPSA) is 118 Å². The minimum atomic E-state index is -0.574. The quantitative estimate of drug-likeness (QED) is 0.506. The van der Waals surface area contributed by atoms with Crippen LogP contribution in [0.3, 0.4) is 0 Å². The molecule has 1 aromatic carbocycles. The van der Waals surface area contributed by atoms with Crippen LogP contribution in [0.2, 0.25) is 0 Å². The summed E-state index contributed by atoms with van der Waals surface area (Å²) >= 11 is 4.51. The summed E-state index contributed by atoms with van der Waals surface area (Å²) in [6.07, 6.45) is 1.10. The number of aromatic amines is 1. The van der Waals surface area contributed by atoms with Gasteiger partial charge in [-0.05, 0) is 45.0 Å². The zero-order chi connectivity index (χ0) is 20.1. The van der Waals surface area contributed by atoms with Gasteiger partial charge in [-0.3, -0.25) is 5.10 Å². The molecule has 2 aromatic heterocycles. The van der Waals surface area contributed by atoms with Gasteiger partial charge in [0.25, 0.3) is 0 Å². The van der Waals surface area contributed by atoms with Crippen molar-refractivity contribution in [3.8, 4) is 11.5 Å². The van der Waals surface area contributed by atoms with Crippen LogP contribution in [-0.2, 0) is 4.74 Å². The van der Waals surface area contributed by atoms with Crippen LogP contribution in [0.15, 0.2) is 34.9 Å². The van der Waals surface area contributed by atoms with Crippen LogP contribution in [0.5, 0.6) is 0 Å². The Hall–Kier alpha value is -2.53. The highest BCUT2D eigenvalue weighted by atomic mass is 79.9. The van der Waals surface area contributed by atoms with Gasteiger partial charge in [-0.25, -0.2) is 9.78 Å². The van der Waals surface area contributed by atoms with Gasteiger partial charge in [-0.15, -0.1) is 0 Å². The van der Waals surface area contributed by atoms with Crippen molar-refractivity contribution in [2.45, 2.75) is 32.4 Å². The van der Waals surface area contributed by atoms with E-state index in [1.165, 1.54) is 0 Å². The maximum absolute atomic E-state index is 12.1. The highest BCUT2D eigenvalue weighted by Crippen LogP contribution is 2.21. The molecule has 1 atom stereocenters. The van der Waals surface area contributed by atoms with Gasteiger partial charge in [0.05, 0.1) is 17.9 Å². The zero-order valence-corrected chi connectivity index (χ0v) is 18.0. The molecule has 0 bridgehead atoms. The van der Waals surface area contributed by atoms with Crippen molar-refractivity contribution in [1.82, 2.24) is 29.2 Å². The van der Waals surface area contributed by atoms with E-state index < -0.39 is 11.7 Å². The molecular weight excluding hydrogens is 446 g/mol. The van der Waals surface area contributed by atoms with E-state index in [2.05, 4.69) is 50.5 Å². The highest BCUT2D eigenvalue weighted by molar-refractivity contribution is 9.10. The number of aromatic nitrogens is 5. The molecule has 9 nitrogen and oxygen atoms in total. The van der Waals surface area contributed by atoms with E-state index >= 15 is 0 Å². The second-order valence-corrected chi connectivity index (χ2v) is 8.40. The number of ether oxygens (including phenoxy) is 1. The van der Waals surface area contributed by atoms with Crippen molar-refractivity contribution in [2.24, 2.45) is 0 Å².